The first-order chi connectivity index (χ1) is 16.9. The summed E-state index contributed by atoms with van der Waals surface area (Å²) < 4.78 is 3.21. The van der Waals surface area contributed by atoms with Crippen LogP contribution in [0.1, 0.15) is 131 Å². The quantitative estimate of drug-likeness (QED) is 0.265. The van der Waals surface area contributed by atoms with E-state index in [0.29, 0.717) is 30.2 Å². The van der Waals surface area contributed by atoms with Crippen LogP contribution < -0.4 is 0 Å². The van der Waals surface area contributed by atoms with Gasteiger partial charge in [-0.25, -0.2) is 0 Å². The minimum absolute atomic E-state index is 0.417. The van der Waals surface area contributed by atoms with Crippen LogP contribution in [-0.4, -0.2) is 51.3 Å². The predicted molar refractivity (Wildman–Crippen MR) is 205 cm³/mol. The maximum atomic E-state index is 3.01. The molecule has 236 valence electrons. The summed E-state index contributed by atoms with van der Waals surface area (Å²) in [7, 11) is -9.48. The van der Waals surface area contributed by atoms with Gasteiger partial charge in [0.2, 0.25) is 0 Å². The van der Waals surface area contributed by atoms with Gasteiger partial charge in [-0.1, -0.05) is 176 Å². The normalized spacial score (nSPS) is 26.4. The van der Waals surface area contributed by atoms with Gasteiger partial charge in [-0.2, -0.15) is 0 Å². The number of hydrogen-bond acceptors (Lipinski definition) is 0. The second kappa shape index (κ2) is 9.36. The van der Waals surface area contributed by atoms with Crippen LogP contribution in [-0.2, 0) is 0 Å². The molecule has 0 aromatic rings. The Labute approximate surface area is 260 Å². The van der Waals surface area contributed by atoms with Gasteiger partial charge in [-0.05, 0) is 42.4 Å². The number of rotatable bonds is 4. The first-order valence-electron chi connectivity index (χ1n) is 16.7. The Bertz CT molecular complexity index is 1010. The molecule has 2 heterocycles. The monoisotopic (exact) mass is 652 g/mol. The highest BCUT2D eigenvalue weighted by atomic mass is 29.3. The molecule has 1 saturated heterocycles. The molecule has 0 bridgehead atoms. The lowest BCUT2D eigenvalue weighted by Crippen LogP contribution is -3.01. The van der Waals surface area contributed by atoms with Gasteiger partial charge in [0, 0.05) is 0 Å². The Kier molecular flexibility index (Phi) is 8.74. The number of fused-ring (bicyclic) bond motifs is 1. The van der Waals surface area contributed by atoms with E-state index in [1.54, 1.807) is 12.5 Å². The highest BCUT2D eigenvalue weighted by Crippen LogP contribution is 2.81. The summed E-state index contributed by atoms with van der Waals surface area (Å²) in [5, 5.41) is 2.54. The molecular formula is C34H76Si6. The topological polar surface area (TPSA) is 0 Å². The molecule has 2 aliphatic heterocycles. The molecule has 0 aliphatic carbocycles. The van der Waals surface area contributed by atoms with Crippen molar-refractivity contribution in [1.29, 1.82) is 0 Å². The van der Waals surface area contributed by atoms with Gasteiger partial charge >= 0.3 is 0 Å². The Morgan fingerprint density at radius 2 is 0.875 bits per heavy atom. The van der Waals surface area contributed by atoms with Crippen LogP contribution in [0.4, 0.5) is 0 Å². The lowest BCUT2D eigenvalue weighted by atomic mass is 10.2. The van der Waals surface area contributed by atoms with E-state index >= 15 is 0 Å². The highest BCUT2D eigenvalue weighted by molar-refractivity contribution is 7.81. The molecule has 0 aromatic carbocycles. The van der Waals surface area contributed by atoms with Crippen LogP contribution in [0.3, 0.4) is 0 Å². The lowest BCUT2D eigenvalue weighted by molar-refractivity contribution is 0.606. The minimum atomic E-state index is -1.80. The fourth-order valence-electron chi connectivity index (χ4n) is 10.6. The highest BCUT2D eigenvalue weighted by Gasteiger charge is 2.88. The van der Waals surface area contributed by atoms with Crippen molar-refractivity contribution in [3.05, 3.63) is 0 Å². The third-order valence-corrected chi connectivity index (χ3v) is 90.1. The fraction of sp³-hybridized carbons (Fsp3) is 0.971. The summed E-state index contributed by atoms with van der Waals surface area (Å²) in [6, 6.07) is 1.64. The van der Waals surface area contributed by atoms with Crippen LogP contribution in [0.5, 0.6) is 0 Å². The molecule has 40 heavy (non-hydrogen) atoms. The van der Waals surface area contributed by atoms with E-state index in [0.717, 1.165) is 4.28 Å². The average molecular weight is 653 g/mol. The Morgan fingerprint density at radius 1 is 0.525 bits per heavy atom. The summed E-state index contributed by atoms with van der Waals surface area (Å²) in [5.41, 5.74) is 0. The zero-order chi connectivity index (χ0) is 32.6. The van der Waals surface area contributed by atoms with Crippen molar-refractivity contribution < 1.29 is 0 Å². The minimum Gasteiger partial charge on any atom is -0.112 e. The van der Waals surface area contributed by atoms with Crippen LogP contribution in [0.25, 0.3) is 0 Å². The largest absolute Gasteiger partial charge is 0.112 e. The maximum Gasteiger partial charge on any atom is 0.0712 e. The maximum absolute atomic E-state index is 3.01. The van der Waals surface area contributed by atoms with E-state index in [4.69, 9.17) is 0 Å². The third-order valence-electron chi connectivity index (χ3n) is 15.5. The molecule has 2 rings (SSSR count). The molecule has 0 radical (unpaired) electrons. The van der Waals surface area contributed by atoms with Crippen molar-refractivity contribution in [2.24, 2.45) is 0 Å². The molecule has 2 unspecified atom stereocenters. The predicted octanol–water partition coefficient (Wildman–Crippen LogP) is 12.5. The number of hydrogen-bond donors (Lipinski definition) is 0. The Morgan fingerprint density at radius 3 is 1.07 bits per heavy atom. The summed E-state index contributed by atoms with van der Waals surface area (Å²) in [6.45, 7) is 66.3. The van der Waals surface area contributed by atoms with Crippen LogP contribution in [0, 0.1) is 0 Å². The summed E-state index contributed by atoms with van der Waals surface area (Å²) in [5.74, 6) is 0. The van der Waals surface area contributed by atoms with Gasteiger partial charge < -0.3 is 0 Å². The zero-order valence-electron chi connectivity index (χ0n) is 32.4. The van der Waals surface area contributed by atoms with Crippen molar-refractivity contribution in [3.63, 3.8) is 0 Å². The van der Waals surface area contributed by atoms with E-state index < -0.39 is 46.8 Å². The SMILES string of the molecule is CC(C)(C)[Si](C)(C)C1=[Si]([Si](C)(C(C)(C)C)C(C)(C)C)C2([Si](C)(C)C(C)(C)C)CC[Si]12[Si](C)(C(C)(C)C)C(C)(C)C. The van der Waals surface area contributed by atoms with E-state index in [2.05, 4.69) is 168 Å². The van der Waals surface area contributed by atoms with Gasteiger partial charge in [0.25, 0.3) is 0 Å². The van der Waals surface area contributed by atoms with Crippen molar-refractivity contribution in [2.75, 3.05) is 0 Å². The van der Waals surface area contributed by atoms with Gasteiger partial charge in [0.15, 0.2) is 0 Å². The molecular weight excluding hydrogens is 577 g/mol. The van der Waals surface area contributed by atoms with E-state index in [1.807, 2.05) is 0 Å². The van der Waals surface area contributed by atoms with Gasteiger partial charge in [-0.3, -0.25) is 0 Å². The Hall–Kier alpha value is 1.17. The zero-order valence-corrected chi connectivity index (χ0v) is 38.4. The van der Waals surface area contributed by atoms with Gasteiger partial charge in [0.1, 0.15) is 0 Å². The summed E-state index contributed by atoms with van der Waals surface area (Å²) in [6.07, 6.45) is 1.60. The third kappa shape index (κ3) is 4.16. The summed E-state index contributed by atoms with van der Waals surface area (Å²) >= 11 is 0. The molecule has 6 heteroatoms. The molecule has 2 aliphatic rings. The smallest absolute Gasteiger partial charge is 0.0712 e. The van der Waals surface area contributed by atoms with Gasteiger partial charge in [0.05, 0.1) is 38.9 Å². The van der Waals surface area contributed by atoms with Crippen LogP contribution in [0.2, 0.25) is 79.8 Å². The second-order valence-electron chi connectivity index (χ2n) is 22.1. The molecule has 0 saturated carbocycles. The van der Waals surface area contributed by atoms with Crippen molar-refractivity contribution in [3.8, 4) is 0 Å². The molecule has 0 nitrogen and oxygen atoms in total. The first kappa shape index (κ1) is 37.4. The van der Waals surface area contributed by atoms with E-state index in [9.17, 15) is 0 Å². The first-order valence-corrected chi connectivity index (χ1v) is 33.4. The van der Waals surface area contributed by atoms with Crippen molar-refractivity contribution in [2.45, 2.75) is 211 Å². The standard InChI is InChI=1S/C34H76Si6/c1-28(2,3)36(19,20)27-35(38(23,30(7,8)9)31(10,11)12)34(37(21,22)29(4,5)6)25-26-40(27,34)39(24,32(13,14)15)33(16,17)18/h25-26H2,1-24H3. The van der Waals surface area contributed by atoms with E-state index in [1.165, 1.54) is 0 Å². The van der Waals surface area contributed by atoms with Crippen LogP contribution >= 0.6 is 0 Å². The molecule has 2 atom stereocenters. The van der Waals surface area contributed by atoms with Crippen LogP contribution in [0.15, 0.2) is 0 Å². The van der Waals surface area contributed by atoms with E-state index in [-0.39, 0.29) is 0 Å². The molecule has 0 N–H and O–H groups in total. The lowest BCUT2D eigenvalue weighted by Gasteiger charge is -2.87. The second-order valence-corrected chi connectivity index (χ2v) is 62.2. The molecule has 0 spiro atoms. The summed E-state index contributed by atoms with van der Waals surface area (Å²) in [4.78, 5) is 0. The molecule has 0 aromatic heterocycles. The van der Waals surface area contributed by atoms with Crippen molar-refractivity contribution in [1.82, 2.24) is 0 Å². The Balaban J connectivity index is 3.54. The fourth-order valence-corrected chi connectivity index (χ4v) is 117. The molecule has 0 amide bonds. The average Bonchev–Trinajstić information content (AvgIpc) is 2.62. The van der Waals surface area contributed by atoms with Crippen molar-refractivity contribution >= 4 is 51.3 Å². The van der Waals surface area contributed by atoms with Gasteiger partial charge in [-0.15, -0.1) is 4.42 Å². The molecule has 1 fully saturated rings.